The van der Waals surface area contributed by atoms with E-state index in [2.05, 4.69) is 10.3 Å². The van der Waals surface area contributed by atoms with Crippen LogP contribution in [0.2, 0.25) is 0 Å². The second-order valence-electron chi connectivity index (χ2n) is 7.68. The number of benzene rings is 3. The summed E-state index contributed by atoms with van der Waals surface area (Å²) in [4.78, 5) is 31.1. The second-order valence-corrected chi connectivity index (χ2v) is 7.68. The van der Waals surface area contributed by atoms with Crippen molar-refractivity contribution < 1.29 is 14.3 Å². The van der Waals surface area contributed by atoms with Crippen molar-refractivity contribution in [2.24, 2.45) is 0 Å². The molecule has 0 unspecified atom stereocenters. The lowest BCUT2D eigenvalue weighted by molar-refractivity contribution is -0.126. The Kier molecular flexibility index (Phi) is 6.55. The molecule has 0 radical (unpaired) electrons. The van der Waals surface area contributed by atoms with Gasteiger partial charge in [-0.15, -0.1) is 0 Å². The van der Waals surface area contributed by atoms with Crippen molar-refractivity contribution in [3.05, 3.63) is 107 Å². The average Bonchev–Trinajstić information content (AvgIpc) is 3.26. The predicted octanol–water partition coefficient (Wildman–Crippen LogP) is 4.61. The lowest BCUT2D eigenvalue weighted by atomic mass is 10.1. The van der Waals surface area contributed by atoms with Crippen LogP contribution in [0, 0.1) is 0 Å². The van der Waals surface area contributed by atoms with E-state index in [1.165, 1.54) is 0 Å². The van der Waals surface area contributed by atoms with Crippen LogP contribution in [-0.4, -0.2) is 35.9 Å². The van der Waals surface area contributed by atoms with E-state index in [0.29, 0.717) is 17.9 Å². The number of aromatic nitrogens is 1. The third-order valence-corrected chi connectivity index (χ3v) is 5.34. The van der Waals surface area contributed by atoms with Crippen LogP contribution in [0.3, 0.4) is 0 Å². The Labute approximate surface area is 192 Å². The van der Waals surface area contributed by atoms with E-state index in [4.69, 9.17) is 4.74 Å². The van der Waals surface area contributed by atoms with Gasteiger partial charge < -0.3 is 19.9 Å². The maximum absolute atomic E-state index is 13.4. The minimum absolute atomic E-state index is 0.186. The van der Waals surface area contributed by atoms with Crippen molar-refractivity contribution in [2.75, 3.05) is 14.2 Å². The van der Waals surface area contributed by atoms with Gasteiger partial charge in [0.15, 0.2) is 0 Å². The van der Waals surface area contributed by atoms with Gasteiger partial charge in [0.05, 0.1) is 7.11 Å². The second kappa shape index (κ2) is 9.87. The fourth-order valence-electron chi connectivity index (χ4n) is 3.59. The zero-order chi connectivity index (χ0) is 23.2. The van der Waals surface area contributed by atoms with Crippen molar-refractivity contribution >= 4 is 28.8 Å². The Morgan fingerprint density at radius 1 is 1.00 bits per heavy atom. The number of nitrogens with zero attached hydrogens (tertiary/aromatic N) is 1. The number of hydrogen-bond donors (Lipinski definition) is 2. The molecule has 0 atom stereocenters. The van der Waals surface area contributed by atoms with E-state index in [-0.39, 0.29) is 17.5 Å². The highest BCUT2D eigenvalue weighted by molar-refractivity contribution is 6.06. The van der Waals surface area contributed by atoms with Crippen molar-refractivity contribution in [3.63, 3.8) is 0 Å². The van der Waals surface area contributed by atoms with Gasteiger partial charge in [0.25, 0.3) is 11.8 Å². The highest BCUT2D eigenvalue weighted by Crippen LogP contribution is 2.25. The van der Waals surface area contributed by atoms with Gasteiger partial charge in [-0.05, 0) is 42.0 Å². The van der Waals surface area contributed by atoms with Crippen LogP contribution in [0.25, 0.3) is 17.0 Å². The highest BCUT2D eigenvalue weighted by atomic mass is 16.5. The molecule has 0 spiro atoms. The summed E-state index contributed by atoms with van der Waals surface area (Å²) < 4.78 is 5.35. The summed E-state index contributed by atoms with van der Waals surface area (Å²) in [5, 5.41) is 3.71. The Bertz CT molecular complexity index is 1290. The van der Waals surface area contributed by atoms with E-state index in [9.17, 15) is 9.59 Å². The summed E-state index contributed by atoms with van der Waals surface area (Å²) in [6.45, 7) is 0.417. The molecular weight excluding hydrogens is 414 g/mol. The van der Waals surface area contributed by atoms with E-state index in [1.54, 1.807) is 49.4 Å². The van der Waals surface area contributed by atoms with E-state index < -0.39 is 0 Å². The Morgan fingerprint density at radius 3 is 2.39 bits per heavy atom. The van der Waals surface area contributed by atoms with E-state index >= 15 is 0 Å². The molecule has 2 amide bonds. The molecule has 2 N–H and O–H groups in total. The normalized spacial score (nSPS) is 11.3. The van der Waals surface area contributed by atoms with Crippen molar-refractivity contribution in [2.45, 2.75) is 6.54 Å². The first kappa shape index (κ1) is 21.9. The number of ether oxygens (including phenoxy) is 1. The SMILES string of the molecule is COc1ccc2[nH]cc(/C=C(/NC(=O)c3ccccc3)C(=O)N(C)Cc3ccccc3)c2c1. The van der Waals surface area contributed by atoms with Gasteiger partial charge in [-0.3, -0.25) is 9.59 Å². The summed E-state index contributed by atoms with van der Waals surface area (Å²) in [5.41, 5.74) is 3.34. The molecule has 1 heterocycles. The van der Waals surface area contributed by atoms with Crippen LogP contribution in [0.15, 0.2) is 90.8 Å². The van der Waals surface area contributed by atoms with E-state index in [0.717, 1.165) is 22.0 Å². The van der Waals surface area contributed by atoms with Gasteiger partial charge in [-0.2, -0.15) is 0 Å². The fraction of sp³-hybridized carbons (Fsp3) is 0.111. The third kappa shape index (κ3) is 5.13. The van der Waals surface area contributed by atoms with Gasteiger partial charge in [-0.25, -0.2) is 0 Å². The number of carbonyl (C=O) groups is 2. The molecule has 0 aliphatic carbocycles. The molecule has 0 saturated carbocycles. The molecule has 0 bridgehead atoms. The molecule has 1 aromatic heterocycles. The number of nitrogens with one attached hydrogen (secondary N) is 2. The number of H-pyrrole nitrogens is 1. The molecule has 0 fully saturated rings. The minimum atomic E-state index is -0.347. The maximum Gasteiger partial charge on any atom is 0.270 e. The van der Waals surface area contributed by atoms with Crippen LogP contribution < -0.4 is 10.1 Å². The quantitative estimate of drug-likeness (QED) is 0.413. The summed E-state index contributed by atoms with van der Waals surface area (Å²) in [6.07, 6.45) is 3.51. The topological polar surface area (TPSA) is 74.4 Å². The predicted molar refractivity (Wildman–Crippen MR) is 130 cm³/mol. The molecule has 166 valence electrons. The molecule has 4 aromatic rings. The van der Waals surface area contributed by atoms with Crippen LogP contribution in [-0.2, 0) is 11.3 Å². The number of rotatable bonds is 7. The molecular formula is C27H25N3O3. The zero-order valence-corrected chi connectivity index (χ0v) is 18.5. The van der Waals surface area contributed by atoms with E-state index in [1.807, 2.05) is 60.8 Å². The summed E-state index contributed by atoms with van der Waals surface area (Å²) in [6, 6.07) is 24.2. The minimum Gasteiger partial charge on any atom is -0.497 e. The summed E-state index contributed by atoms with van der Waals surface area (Å²) in [5.74, 6) is 0.0697. The summed E-state index contributed by atoms with van der Waals surface area (Å²) >= 11 is 0. The number of carbonyl (C=O) groups excluding carboxylic acids is 2. The molecule has 3 aromatic carbocycles. The van der Waals surface area contributed by atoms with Crippen LogP contribution in [0.5, 0.6) is 5.75 Å². The number of likely N-dealkylation sites (N-methyl/N-ethyl adjacent to an activating group) is 1. The number of amides is 2. The first-order chi connectivity index (χ1) is 16.0. The zero-order valence-electron chi connectivity index (χ0n) is 18.5. The molecule has 0 aliphatic rings. The molecule has 6 heteroatoms. The van der Waals surface area contributed by atoms with Crippen LogP contribution in [0.4, 0.5) is 0 Å². The van der Waals surface area contributed by atoms with Gasteiger partial charge in [0, 0.05) is 41.8 Å². The standard InChI is InChI=1S/C27H25N3O3/c1-30(18-19-9-5-3-6-10-19)27(32)25(29-26(31)20-11-7-4-8-12-20)15-21-17-28-24-14-13-22(33-2)16-23(21)24/h3-17,28H,18H2,1-2H3,(H,29,31)/b25-15+. The molecule has 6 nitrogen and oxygen atoms in total. The van der Waals surface area contributed by atoms with Gasteiger partial charge in [-0.1, -0.05) is 48.5 Å². The van der Waals surface area contributed by atoms with Gasteiger partial charge in [0.1, 0.15) is 11.4 Å². The Hall–Kier alpha value is -4.32. The molecule has 33 heavy (non-hydrogen) atoms. The van der Waals surface area contributed by atoms with Gasteiger partial charge in [0.2, 0.25) is 0 Å². The maximum atomic E-state index is 13.4. The number of methoxy groups -OCH3 is 1. The van der Waals surface area contributed by atoms with Gasteiger partial charge >= 0.3 is 0 Å². The lowest BCUT2D eigenvalue weighted by Crippen LogP contribution is -2.35. The monoisotopic (exact) mass is 439 g/mol. The average molecular weight is 440 g/mol. The Morgan fingerprint density at radius 2 is 1.70 bits per heavy atom. The number of aromatic amines is 1. The van der Waals surface area contributed by atoms with Crippen LogP contribution >= 0.6 is 0 Å². The first-order valence-corrected chi connectivity index (χ1v) is 10.6. The Balaban J connectivity index is 1.69. The smallest absolute Gasteiger partial charge is 0.270 e. The molecule has 0 aliphatic heterocycles. The third-order valence-electron chi connectivity index (χ3n) is 5.34. The molecule has 0 saturated heterocycles. The van der Waals surface area contributed by atoms with Crippen molar-refractivity contribution in [3.8, 4) is 5.75 Å². The summed E-state index contributed by atoms with van der Waals surface area (Å²) in [7, 11) is 3.33. The highest BCUT2D eigenvalue weighted by Gasteiger charge is 2.19. The van der Waals surface area contributed by atoms with Crippen molar-refractivity contribution in [1.82, 2.24) is 15.2 Å². The lowest BCUT2D eigenvalue weighted by Gasteiger charge is -2.20. The number of hydrogen-bond acceptors (Lipinski definition) is 3. The fourth-order valence-corrected chi connectivity index (χ4v) is 3.59. The molecule has 4 rings (SSSR count). The number of fused-ring (bicyclic) bond motifs is 1. The first-order valence-electron chi connectivity index (χ1n) is 10.6. The van der Waals surface area contributed by atoms with Crippen molar-refractivity contribution in [1.29, 1.82) is 0 Å². The largest absolute Gasteiger partial charge is 0.497 e. The van der Waals surface area contributed by atoms with Crippen LogP contribution in [0.1, 0.15) is 21.5 Å².